The summed E-state index contributed by atoms with van der Waals surface area (Å²) in [6.07, 6.45) is 4.17. The molecule has 0 atom stereocenters. The lowest BCUT2D eigenvalue weighted by atomic mass is 10.3. The Balaban J connectivity index is 2.20. The van der Waals surface area contributed by atoms with Crippen LogP contribution in [0.5, 0.6) is 0 Å². The predicted molar refractivity (Wildman–Crippen MR) is 47.1 cm³/mol. The number of hydrogen-bond donors (Lipinski definition) is 0. The van der Waals surface area contributed by atoms with Gasteiger partial charge in [-0.05, 0) is 24.5 Å². The van der Waals surface area contributed by atoms with Crippen molar-refractivity contribution in [1.29, 1.82) is 0 Å². The highest BCUT2D eigenvalue weighted by molar-refractivity contribution is 5.37. The van der Waals surface area contributed by atoms with Gasteiger partial charge in [-0.25, -0.2) is 4.79 Å². The lowest BCUT2D eigenvalue weighted by Gasteiger charge is -1.98. The van der Waals surface area contributed by atoms with Crippen LogP contribution in [0.3, 0.4) is 0 Å². The van der Waals surface area contributed by atoms with E-state index in [-0.39, 0.29) is 0 Å². The average Bonchev–Trinajstić information content (AvgIpc) is 2.79. The highest BCUT2D eigenvalue weighted by atomic mass is 16.1. The van der Waals surface area contributed by atoms with Crippen LogP contribution in [0.2, 0.25) is 0 Å². The Hall–Kier alpha value is -1.55. The minimum atomic E-state index is -0.492. The van der Waals surface area contributed by atoms with Crippen LogP contribution in [0.4, 0.5) is 0 Å². The van der Waals surface area contributed by atoms with Gasteiger partial charge >= 0.3 is 0 Å². The molecule has 0 radical (unpaired) electrons. The van der Waals surface area contributed by atoms with Gasteiger partial charge in [-0.15, -0.1) is 10.2 Å². The van der Waals surface area contributed by atoms with Gasteiger partial charge in [0, 0.05) is 0 Å². The zero-order valence-electron chi connectivity index (χ0n) is 7.97. The van der Waals surface area contributed by atoms with Crippen LogP contribution >= 0.6 is 0 Å². The smallest absolute Gasteiger partial charge is 0.211 e. The highest BCUT2D eigenvalue weighted by Gasteiger charge is 2.49. The fourth-order valence-corrected chi connectivity index (χ4v) is 1.32. The number of tetrazole rings is 1. The largest absolute Gasteiger partial charge is 0.235 e. The van der Waals surface area contributed by atoms with Crippen LogP contribution < -0.4 is 0 Å². The van der Waals surface area contributed by atoms with E-state index in [1.807, 2.05) is 6.92 Å². The summed E-state index contributed by atoms with van der Waals surface area (Å²) in [5, 5.41) is 12.0. The summed E-state index contributed by atoms with van der Waals surface area (Å²) < 4.78 is 0. The Morgan fingerprint density at radius 1 is 1.64 bits per heavy atom. The summed E-state index contributed by atoms with van der Waals surface area (Å²) in [7, 11) is 0. The van der Waals surface area contributed by atoms with Gasteiger partial charge in [0.05, 0.1) is 6.54 Å². The first-order valence-corrected chi connectivity index (χ1v) is 4.68. The van der Waals surface area contributed by atoms with Crippen molar-refractivity contribution in [3.63, 3.8) is 0 Å². The van der Waals surface area contributed by atoms with E-state index in [4.69, 9.17) is 0 Å². The predicted octanol–water partition coefficient (Wildman–Crippen LogP) is 0.408. The molecule has 14 heavy (non-hydrogen) atoms. The molecule has 0 bridgehead atoms. The number of aliphatic imine (C=N–C) groups is 1. The zero-order valence-corrected chi connectivity index (χ0v) is 7.97. The number of nitrogens with zero attached hydrogens (tertiary/aromatic N) is 5. The third kappa shape index (κ3) is 1.44. The molecule has 6 nitrogen and oxygen atoms in total. The standard InChI is InChI=1S/C8H11N5O/c1-2-5-13-11-7(10-12-13)8(3-4-8)9-6-14/h2-5H2,1H3. The second-order valence-corrected chi connectivity index (χ2v) is 3.44. The number of aryl methyl sites for hydroxylation is 1. The number of hydrogen-bond acceptors (Lipinski definition) is 5. The van der Waals surface area contributed by atoms with Gasteiger partial charge in [0.15, 0.2) is 0 Å². The maximum atomic E-state index is 10.2. The summed E-state index contributed by atoms with van der Waals surface area (Å²) in [5.74, 6) is 0.550. The lowest BCUT2D eigenvalue weighted by molar-refractivity contribution is 0.508. The first kappa shape index (κ1) is 9.02. The summed E-state index contributed by atoms with van der Waals surface area (Å²) in [4.78, 5) is 15.5. The van der Waals surface area contributed by atoms with E-state index in [9.17, 15) is 4.79 Å². The van der Waals surface area contributed by atoms with Gasteiger partial charge in [0.25, 0.3) is 0 Å². The number of carbonyl (C=O) groups excluding carboxylic acids is 1. The molecule has 0 aromatic carbocycles. The van der Waals surface area contributed by atoms with E-state index in [1.165, 1.54) is 4.80 Å². The van der Waals surface area contributed by atoms with Crippen molar-refractivity contribution in [2.45, 2.75) is 38.3 Å². The third-order valence-corrected chi connectivity index (χ3v) is 2.28. The van der Waals surface area contributed by atoms with Crippen molar-refractivity contribution >= 4 is 6.08 Å². The van der Waals surface area contributed by atoms with Crippen molar-refractivity contribution in [2.75, 3.05) is 0 Å². The summed E-state index contributed by atoms with van der Waals surface area (Å²) in [5.41, 5.74) is -0.492. The van der Waals surface area contributed by atoms with E-state index >= 15 is 0 Å². The molecule has 1 aliphatic carbocycles. The second-order valence-electron chi connectivity index (χ2n) is 3.44. The van der Waals surface area contributed by atoms with Crippen LogP contribution in [0.1, 0.15) is 32.0 Å². The molecular weight excluding hydrogens is 182 g/mol. The molecule has 6 heteroatoms. The minimum Gasteiger partial charge on any atom is -0.211 e. The fraction of sp³-hybridized carbons (Fsp3) is 0.750. The lowest BCUT2D eigenvalue weighted by Crippen LogP contribution is -2.07. The number of rotatable bonds is 4. The molecule has 1 aromatic rings. The third-order valence-electron chi connectivity index (χ3n) is 2.28. The molecule has 0 spiro atoms. The number of aromatic nitrogens is 4. The minimum absolute atomic E-state index is 0.492. The molecule has 1 aliphatic rings. The van der Waals surface area contributed by atoms with Crippen molar-refractivity contribution in [3.8, 4) is 0 Å². The van der Waals surface area contributed by atoms with E-state index in [0.717, 1.165) is 25.8 Å². The van der Waals surface area contributed by atoms with E-state index in [1.54, 1.807) is 6.08 Å². The Morgan fingerprint density at radius 2 is 2.43 bits per heavy atom. The van der Waals surface area contributed by atoms with Crippen LogP contribution in [-0.4, -0.2) is 26.3 Å². The molecule has 0 aliphatic heterocycles. The topological polar surface area (TPSA) is 73.0 Å². The van der Waals surface area contributed by atoms with E-state index < -0.39 is 5.54 Å². The molecule has 1 fully saturated rings. The quantitative estimate of drug-likeness (QED) is 0.512. The average molecular weight is 193 g/mol. The Bertz CT molecular complexity index is 375. The Kier molecular flexibility index (Phi) is 2.13. The van der Waals surface area contributed by atoms with Gasteiger partial charge in [0.1, 0.15) is 5.54 Å². The highest BCUT2D eigenvalue weighted by Crippen LogP contribution is 2.47. The van der Waals surface area contributed by atoms with Crippen molar-refractivity contribution in [1.82, 2.24) is 20.2 Å². The molecule has 74 valence electrons. The van der Waals surface area contributed by atoms with Crippen LogP contribution in [-0.2, 0) is 16.9 Å². The SMILES string of the molecule is CCCn1nnc(C2(N=C=O)CC2)n1. The number of isocyanates is 1. The maximum Gasteiger partial charge on any atom is 0.235 e. The maximum absolute atomic E-state index is 10.2. The molecule has 1 aromatic heterocycles. The first-order valence-electron chi connectivity index (χ1n) is 4.68. The summed E-state index contributed by atoms with van der Waals surface area (Å²) >= 11 is 0. The van der Waals surface area contributed by atoms with Crippen molar-refractivity contribution in [2.24, 2.45) is 4.99 Å². The van der Waals surface area contributed by atoms with E-state index in [2.05, 4.69) is 20.4 Å². The van der Waals surface area contributed by atoms with Crippen LogP contribution in [0.15, 0.2) is 4.99 Å². The Labute approximate surface area is 81.0 Å². The Morgan fingerprint density at radius 3 is 3.00 bits per heavy atom. The molecule has 1 saturated carbocycles. The van der Waals surface area contributed by atoms with E-state index in [0.29, 0.717) is 5.82 Å². The monoisotopic (exact) mass is 193 g/mol. The van der Waals surface area contributed by atoms with Crippen LogP contribution in [0, 0.1) is 0 Å². The molecule has 0 amide bonds. The van der Waals surface area contributed by atoms with Gasteiger partial charge < -0.3 is 0 Å². The molecule has 1 heterocycles. The fourth-order valence-electron chi connectivity index (χ4n) is 1.32. The van der Waals surface area contributed by atoms with Gasteiger partial charge in [-0.3, -0.25) is 0 Å². The normalized spacial score (nSPS) is 17.5. The molecule has 0 unspecified atom stereocenters. The second kappa shape index (κ2) is 3.31. The van der Waals surface area contributed by atoms with Crippen molar-refractivity contribution < 1.29 is 4.79 Å². The molecule has 0 saturated heterocycles. The zero-order chi connectivity index (χ0) is 10.0. The van der Waals surface area contributed by atoms with Gasteiger partial charge in [0.2, 0.25) is 11.9 Å². The molecule has 2 rings (SSSR count). The molecular formula is C8H11N5O. The first-order chi connectivity index (χ1) is 6.80. The molecule has 0 N–H and O–H groups in total. The summed E-state index contributed by atoms with van der Waals surface area (Å²) in [6, 6.07) is 0. The van der Waals surface area contributed by atoms with Crippen LogP contribution in [0.25, 0.3) is 0 Å². The van der Waals surface area contributed by atoms with Crippen molar-refractivity contribution in [3.05, 3.63) is 5.82 Å². The van der Waals surface area contributed by atoms with Gasteiger partial charge in [-0.2, -0.15) is 9.79 Å². The van der Waals surface area contributed by atoms with Gasteiger partial charge in [-0.1, -0.05) is 6.92 Å². The summed E-state index contributed by atoms with van der Waals surface area (Å²) in [6.45, 7) is 2.79.